The summed E-state index contributed by atoms with van der Waals surface area (Å²) in [6.45, 7) is 7.26. The number of carbonyl (C=O) groups is 1. The van der Waals surface area contributed by atoms with E-state index in [9.17, 15) is 4.79 Å². The Morgan fingerprint density at radius 2 is 1.86 bits per heavy atom. The highest BCUT2D eigenvalue weighted by Gasteiger charge is 2.41. The molecule has 0 bridgehead atoms. The average molecular weight is 221 g/mol. The van der Waals surface area contributed by atoms with Gasteiger partial charge in [-0.3, -0.25) is 4.79 Å². The quantitative estimate of drug-likeness (QED) is 0.501. The number of hydrogen-bond acceptors (Lipinski definition) is 3. The zero-order chi connectivity index (χ0) is 10.9. The van der Waals surface area contributed by atoms with Crippen LogP contribution in [0.15, 0.2) is 0 Å². The molecular formula is C10H17ClO3. The van der Waals surface area contributed by atoms with Crippen molar-refractivity contribution in [2.45, 2.75) is 51.4 Å². The molecule has 0 saturated carbocycles. The van der Waals surface area contributed by atoms with Gasteiger partial charge in [-0.2, -0.15) is 0 Å². The fourth-order valence-electron chi connectivity index (χ4n) is 1.73. The van der Waals surface area contributed by atoms with Gasteiger partial charge in [-0.25, -0.2) is 0 Å². The van der Waals surface area contributed by atoms with E-state index in [-0.39, 0.29) is 35.6 Å². The highest BCUT2D eigenvalue weighted by molar-refractivity contribution is 6.21. The number of carbonyl (C=O) groups excluding carboxylic acids is 1. The molecule has 1 unspecified atom stereocenters. The minimum atomic E-state index is -0.284. The van der Waals surface area contributed by atoms with Crippen molar-refractivity contribution in [1.29, 1.82) is 0 Å². The van der Waals surface area contributed by atoms with Crippen LogP contribution >= 0.6 is 11.6 Å². The second kappa shape index (κ2) is 4.49. The second-order valence-corrected chi connectivity index (χ2v) is 4.43. The van der Waals surface area contributed by atoms with Crippen LogP contribution in [0.3, 0.4) is 0 Å². The number of alkyl halides is 1. The molecule has 0 N–H and O–H groups in total. The second-order valence-electron chi connectivity index (χ2n) is 3.92. The van der Waals surface area contributed by atoms with Crippen molar-refractivity contribution in [1.82, 2.24) is 0 Å². The van der Waals surface area contributed by atoms with Gasteiger partial charge in [0.2, 0.25) is 0 Å². The van der Waals surface area contributed by atoms with Crippen LogP contribution in [0.1, 0.15) is 27.7 Å². The maximum atomic E-state index is 10.9. The van der Waals surface area contributed by atoms with Gasteiger partial charge in [0.05, 0.1) is 17.6 Å². The van der Waals surface area contributed by atoms with Crippen LogP contribution in [0.5, 0.6) is 0 Å². The van der Waals surface area contributed by atoms with Crippen LogP contribution in [-0.2, 0) is 14.3 Å². The highest BCUT2D eigenvalue weighted by Crippen LogP contribution is 2.31. The predicted molar refractivity (Wildman–Crippen MR) is 54.4 cm³/mol. The molecule has 0 radical (unpaired) electrons. The molecule has 1 aliphatic rings. The smallest absolute Gasteiger partial charge is 0.302 e. The van der Waals surface area contributed by atoms with Crippen LogP contribution in [0.4, 0.5) is 0 Å². The van der Waals surface area contributed by atoms with E-state index in [1.54, 1.807) is 0 Å². The van der Waals surface area contributed by atoms with Gasteiger partial charge in [-0.05, 0) is 13.8 Å². The molecule has 1 rings (SSSR count). The first kappa shape index (κ1) is 11.8. The predicted octanol–water partition coefficient (Wildman–Crippen LogP) is 1.97. The topological polar surface area (TPSA) is 35.5 Å². The number of halogens is 1. The minimum absolute atomic E-state index is 0.0735. The van der Waals surface area contributed by atoms with E-state index in [2.05, 4.69) is 0 Å². The summed E-state index contributed by atoms with van der Waals surface area (Å²) in [6, 6.07) is 0. The van der Waals surface area contributed by atoms with Crippen LogP contribution in [0.2, 0.25) is 0 Å². The Kier molecular flexibility index (Phi) is 3.78. The summed E-state index contributed by atoms with van der Waals surface area (Å²) in [5.74, 6) is -0.147. The molecule has 0 aromatic heterocycles. The summed E-state index contributed by atoms with van der Waals surface area (Å²) in [6.07, 6.45) is -0.246. The van der Waals surface area contributed by atoms with Crippen molar-refractivity contribution in [2.75, 3.05) is 0 Å². The molecule has 0 aromatic rings. The van der Waals surface area contributed by atoms with Crippen LogP contribution in [0.25, 0.3) is 0 Å². The molecule has 4 heteroatoms. The summed E-state index contributed by atoms with van der Waals surface area (Å²) in [4.78, 5) is 10.9. The van der Waals surface area contributed by atoms with Gasteiger partial charge in [0, 0.05) is 12.8 Å². The van der Waals surface area contributed by atoms with Crippen LogP contribution < -0.4 is 0 Å². The molecule has 0 amide bonds. The number of esters is 1. The molecule has 14 heavy (non-hydrogen) atoms. The van der Waals surface area contributed by atoms with E-state index in [1.165, 1.54) is 6.92 Å². The van der Waals surface area contributed by atoms with Crippen LogP contribution in [0, 0.1) is 5.92 Å². The maximum absolute atomic E-state index is 10.9. The zero-order valence-electron chi connectivity index (χ0n) is 8.99. The molecular weight excluding hydrogens is 204 g/mol. The fraction of sp³-hybridized carbons (Fsp3) is 0.900. The van der Waals surface area contributed by atoms with Crippen molar-refractivity contribution >= 4 is 17.6 Å². The van der Waals surface area contributed by atoms with Crippen molar-refractivity contribution in [2.24, 2.45) is 5.92 Å². The third kappa shape index (κ3) is 2.39. The van der Waals surface area contributed by atoms with Gasteiger partial charge >= 0.3 is 5.97 Å². The molecule has 1 fully saturated rings. The summed E-state index contributed by atoms with van der Waals surface area (Å²) < 4.78 is 10.8. The van der Waals surface area contributed by atoms with Gasteiger partial charge in [0.15, 0.2) is 0 Å². The van der Waals surface area contributed by atoms with Crippen molar-refractivity contribution in [3.05, 3.63) is 0 Å². The lowest BCUT2D eigenvalue weighted by Gasteiger charge is -2.40. The molecule has 0 spiro atoms. The molecule has 0 aliphatic carbocycles. The normalized spacial score (nSPS) is 43.4. The first-order valence-corrected chi connectivity index (χ1v) is 5.34. The Hall–Kier alpha value is -0.280. The molecule has 1 saturated heterocycles. The monoisotopic (exact) mass is 220 g/mol. The zero-order valence-corrected chi connectivity index (χ0v) is 9.75. The van der Waals surface area contributed by atoms with E-state index in [0.29, 0.717) is 0 Å². The Balaban J connectivity index is 2.71. The SMILES string of the molecule is CC(=O)O[C@@H]1[C@H](C)[C@H](C)OC(C)[C@H]1Cl. The van der Waals surface area contributed by atoms with Gasteiger partial charge in [-0.1, -0.05) is 6.92 Å². The van der Waals surface area contributed by atoms with E-state index < -0.39 is 0 Å². The van der Waals surface area contributed by atoms with E-state index in [0.717, 1.165) is 0 Å². The first-order valence-electron chi connectivity index (χ1n) is 4.90. The number of ether oxygens (including phenoxy) is 2. The average Bonchev–Trinajstić information content (AvgIpc) is 2.09. The molecule has 1 aliphatic heterocycles. The Labute approximate surface area is 89.7 Å². The Bertz CT molecular complexity index is 205. The lowest BCUT2D eigenvalue weighted by molar-refractivity contribution is -0.166. The lowest BCUT2D eigenvalue weighted by atomic mass is 9.91. The van der Waals surface area contributed by atoms with E-state index in [1.807, 2.05) is 20.8 Å². The summed E-state index contributed by atoms with van der Waals surface area (Å²) in [5.41, 5.74) is 0. The van der Waals surface area contributed by atoms with Gasteiger partial charge in [0.1, 0.15) is 6.10 Å². The minimum Gasteiger partial charge on any atom is -0.460 e. The number of rotatable bonds is 1. The molecule has 3 nitrogen and oxygen atoms in total. The van der Waals surface area contributed by atoms with E-state index >= 15 is 0 Å². The van der Waals surface area contributed by atoms with Crippen molar-refractivity contribution in [3.63, 3.8) is 0 Å². The van der Waals surface area contributed by atoms with Gasteiger partial charge in [0.25, 0.3) is 0 Å². The van der Waals surface area contributed by atoms with E-state index in [4.69, 9.17) is 21.1 Å². The summed E-state index contributed by atoms with van der Waals surface area (Å²) in [7, 11) is 0. The highest BCUT2D eigenvalue weighted by atomic mass is 35.5. The third-order valence-electron chi connectivity index (χ3n) is 2.75. The summed E-state index contributed by atoms with van der Waals surface area (Å²) in [5, 5.41) is -0.259. The Morgan fingerprint density at radius 3 is 2.36 bits per heavy atom. The molecule has 0 aromatic carbocycles. The third-order valence-corrected chi connectivity index (χ3v) is 3.36. The first-order chi connectivity index (χ1) is 6.43. The molecule has 82 valence electrons. The number of hydrogen-bond donors (Lipinski definition) is 0. The van der Waals surface area contributed by atoms with Gasteiger partial charge < -0.3 is 9.47 Å². The fourth-order valence-corrected chi connectivity index (χ4v) is 2.07. The maximum Gasteiger partial charge on any atom is 0.302 e. The van der Waals surface area contributed by atoms with Crippen molar-refractivity contribution < 1.29 is 14.3 Å². The summed E-state index contributed by atoms with van der Waals surface area (Å²) >= 11 is 6.14. The molecule has 5 atom stereocenters. The largest absolute Gasteiger partial charge is 0.460 e. The van der Waals surface area contributed by atoms with Gasteiger partial charge in [-0.15, -0.1) is 11.6 Å². The molecule has 1 heterocycles. The van der Waals surface area contributed by atoms with Crippen LogP contribution in [-0.4, -0.2) is 29.7 Å². The standard InChI is InChI=1S/C10H17ClO3/c1-5-6(2)13-7(3)9(11)10(5)14-8(4)12/h5-7,9-10H,1-4H3/t5-,6+,7?,9-,10-/m1/s1. The Morgan fingerprint density at radius 1 is 1.29 bits per heavy atom. The lowest BCUT2D eigenvalue weighted by Crippen LogP contribution is -2.50. The van der Waals surface area contributed by atoms with Crippen molar-refractivity contribution in [3.8, 4) is 0 Å².